The number of carbonyl (C=O) groups excluding carboxylic acids is 2. The van der Waals surface area contributed by atoms with E-state index in [0.29, 0.717) is 6.07 Å². The molecule has 0 unspecified atom stereocenters. The van der Waals surface area contributed by atoms with E-state index in [1.807, 2.05) is 20.8 Å². The largest absolute Gasteiger partial charge is 0.462 e. The predicted octanol–water partition coefficient (Wildman–Crippen LogP) is 4.39. The van der Waals surface area contributed by atoms with E-state index < -0.39 is 23.6 Å². The van der Waals surface area contributed by atoms with Crippen molar-refractivity contribution in [1.82, 2.24) is 0 Å². The molecule has 2 rings (SSSR count). The molecular formula is C19H18F2O4. The van der Waals surface area contributed by atoms with Crippen molar-refractivity contribution >= 4 is 11.9 Å². The number of benzene rings is 2. The third-order valence-electron chi connectivity index (χ3n) is 3.05. The zero-order valence-corrected chi connectivity index (χ0v) is 14.1. The SMILES string of the molecule is CC(C)(C)COC(=O)c1ccccc1C(=O)Oc1cc(F)cc(F)c1. The summed E-state index contributed by atoms with van der Waals surface area (Å²) < 4.78 is 36.6. The molecule has 0 aliphatic carbocycles. The van der Waals surface area contributed by atoms with Crippen molar-refractivity contribution < 1.29 is 27.8 Å². The second kappa shape index (κ2) is 7.42. The average molecular weight is 348 g/mol. The molecule has 0 aromatic heterocycles. The van der Waals surface area contributed by atoms with Crippen molar-refractivity contribution in [3.63, 3.8) is 0 Å². The number of rotatable bonds is 4. The first kappa shape index (κ1) is 18.6. The summed E-state index contributed by atoms with van der Waals surface area (Å²) in [5, 5.41) is 0. The summed E-state index contributed by atoms with van der Waals surface area (Å²) in [5.74, 6) is -3.62. The Morgan fingerprint density at radius 3 is 1.96 bits per heavy atom. The van der Waals surface area contributed by atoms with Gasteiger partial charge in [-0.1, -0.05) is 32.9 Å². The number of hydrogen-bond donors (Lipinski definition) is 0. The lowest BCUT2D eigenvalue weighted by atomic mass is 9.98. The molecule has 0 saturated carbocycles. The minimum absolute atomic E-state index is 0.0219. The van der Waals surface area contributed by atoms with Crippen LogP contribution in [0.3, 0.4) is 0 Å². The molecule has 4 nitrogen and oxygen atoms in total. The Labute approximate surface area is 144 Å². The van der Waals surface area contributed by atoms with Crippen LogP contribution in [-0.4, -0.2) is 18.5 Å². The zero-order valence-electron chi connectivity index (χ0n) is 14.1. The van der Waals surface area contributed by atoms with Crippen LogP contribution in [0.4, 0.5) is 8.78 Å². The highest BCUT2D eigenvalue weighted by molar-refractivity contribution is 6.03. The molecule has 0 aliphatic rings. The summed E-state index contributed by atoms with van der Waals surface area (Å²) in [6.07, 6.45) is 0. The van der Waals surface area contributed by atoms with Crippen LogP contribution in [0.25, 0.3) is 0 Å². The Kier molecular flexibility index (Phi) is 5.51. The highest BCUT2D eigenvalue weighted by Gasteiger charge is 2.22. The molecule has 25 heavy (non-hydrogen) atoms. The van der Waals surface area contributed by atoms with Gasteiger partial charge in [-0.2, -0.15) is 0 Å². The minimum atomic E-state index is -0.909. The van der Waals surface area contributed by atoms with Crippen LogP contribution in [0, 0.1) is 17.0 Å². The molecule has 0 aliphatic heterocycles. The van der Waals surface area contributed by atoms with Gasteiger partial charge in [0.15, 0.2) is 0 Å². The lowest BCUT2D eigenvalue weighted by Crippen LogP contribution is -2.21. The third-order valence-corrected chi connectivity index (χ3v) is 3.05. The molecule has 0 fully saturated rings. The molecule has 0 radical (unpaired) electrons. The molecular weight excluding hydrogens is 330 g/mol. The van der Waals surface area contributed by atoms with Gasteiger partial charge in [-0.15, -0.1) is 0 Å². The summed E-state index contributed by atoms with van der Waals surface area (Å²) in [6.45, 7) is 5.88. The highest BCUT2D eigenvalue weighted by atomic mass is 19.1. The van der Waals surface area contributed by atoms with Crippen LogP contribution in [0.5, 0.6) is 5.75 Å². The maximum atomic E-state index is 13.2. The van der Waals surface area contributed by atoms with E-state index in [1.54, 1.807) is 12.1 Å². The number of ether oxygens (including phenoxy) is 2. The fourth-order valence-corrected chi connectivity index (χ4v) is 1.95. The Hall–Kier alpha value is -2.76. The van der Waals surface area contributed by atoms with Crippen LogP contribution in [0.2, 0.25) is 0 Å². The molecule has 2 aromatic carbocycles. The average Bonchev–Trinajstić information content (AvgIpc) is 2.51. The Balaban J connectivity index is 2.21. The van der Waals surface area contributed by atoms with Crippen LogP contribution >= 0.6 is 0 Å². The van der Waals surface area contributed by atoms with Gasteiger partial charge in [0.05, 0.1) is 17.7 Å². The van der Waals surface area contributed by atoms with E-state index in [4.69, 9.17) is 9.47 Å². The van der Waals surface area contributed by atoms with Crippen molar-refractivity contribution in [2.24, 2.45) is 5.41 Å². The summed E-state index contributed by atoms with van der Waals surface area (Å²) >= 11 is 0. The second-order valence-electron chi connectivity index (χ2n) is 6.68. The molecule has 132 valence electrons. The second-order valence-corrected chi connectivity index (χ2v) is 6.68. The molecule has 0 atom stereocenters. The van der Waals surface area contributed by atoms with E-state index in [0.717, 1.165) is 12.1 Å². The molecule has 0 bridgehead atoms. The van der Waals surface area contributed by atoms with Gasteiger partial charge in [0, 0.05) is 18.2 Å². The van der Waals surface area contributed by atoms with E-state index in [1.165, 1.54) is 12.1 Å². The van der Waals surface area contributed by atoms with Gasteiger partial charge in [0.25, 0.3) is 0 Å². The van der Waals surface area contributed by atoms with Crippen LogP contribution in [0.1, 0.15) is 41.5 Å². The first-order chi connectivity index (χ1) is 11.7. The Morgan fingerprint density at radius 2 is 1.44 bits per heavy atom. The number of esters is 2. The van der Waals surface area contributed by atoms with E-state index in [-0.39, 0.29) is 28.9 Å². The molecule has 6 heteroatoms. The zero-order chi connectivity index (χ0) is 18.6. The number of carbonyl (C=O) groups is 2. The van der Waals surface area contributed by atoms with Crippen molar-refractivity contribution in [3.8, 4) is 5.75 Å². The van der Waals surface area contributed by atoms with Gasteiger partial charge in [0.1, 0.15) is 17.4 Å². The summed E-state index contributed by atoms with van der Waals surface area (Å²) in [4.78, 5) is 24.5. The van der Waals surface area contributed by atoms with Crippen molar-refractivity contribution in [3.05, 3.63) is 65.2 Å². The Bertz CT molecular complexity index is 774. The lowest BCUT2D eigenvalue weighted by Gasteiger charge is -2.18. The quantitative estimate of drug-likeness (QED) is 0.607. The van der Waals surface area contributed by atoms with E-state index in [2.05, 4.69) is 0 Å². The maximum absolute atomic E-state index is 13.2. The molecule has 2 aromatic rings. The summed E-state index contributed by atoms with van der Waals surface area (Å²) in [7, 11) is 0. The molecule has 0 spiro atoms. The summed E-state index contributed by atoms with van der Waals surface area (Å²) in [5.41, 5.74) is -0.260. The lowest BCUT2D eigenvalue weighted by molar-refractivity contribution is 0.0362. The minimum Gasteiger partial charge on any atom is -0.462 e. The molecule has 0 saturated heterocycles. The highest BCUT2D eigenvalue weighted by Crippen LogP contribution is 2.20. The van der Waals surface area contributed by atoms with Crippen molar-refractivity contribution in [2.45, 2.75) is 20.8 Å². The van der Waals surface area contributed by atoms with Gasteiger partial charge < -0.3 is 9.47 Å². The van der Waals surface area contributed by atoms with E-state index in [9.17, 15) is 18.4 Å². The maximum Gasteiger partial charge on any atom is 0.344 e. The number of halogens is 2. The molecule has 0 heterocycles. The van der Waals surface area contributed by atoms with Crippen LogP contribution in [-0.2, 0) is 4.74 Å². The van der Waals surface area contributed by atoms with Gasteiger partial charge in [-0.3, -0.25) is 0 Å². The fraction of sp³-hybridized carbons (Fsp3) is 0.263. The van der Waals surface area contributed by atoms with Gasteiger partial charge in [0.2, 0.25) is 0 Å². The topological polar surface area (TPSA) is 52.6 Å². The van der Waals surface area contributed by atoms with Crippen LogP contribution < -0.4 is 4.74 Å². The first-order valence-electron chi connectivity index (χ1n) is 7.60. The standard InChI is InChI=1S/C19H18F2O4/c1-19(2,3)11-24-17(22)15-6-4-5-7-16(15)18(23)25-14-9-12(20)8-13(21)10-14/h4-10H,11H2,1-3H3. The molecule has 0 N–H and O–H groups in total. The van der Waals surface area contributed by atoms with E-state index >= 15 is 0 Å². The van der Waals surface area contributed by atoms with Crippen molar-refractivity contribution in [2.75, 3.05) is 6.61 Å². The predicted molar refractivity (Wildman–Crippen MR) is 87.5 cm³/mol. The van der Waals surface area contributed by atoms with Gasteiger partial charge >= 0.3 is 11.9 Å². The monoisotopic (exact) mass is 348 g/mol. The molecule has 0 amide bonds. The third kappa shape index (κ3) is 5.38. The van der Waals surface area contributed by atoms with Gasteiger partial charge in [-0.25, -0.2) is 18.4 Å². The smallest absolute Gasteiger partial charge is 0.344 e. The Morgan fingerprint density at radius 1 is 0.920 bits per heavy atom. The normalized spacial score (nSPS) is 11.1. The van der Waals surface area contributed by atoms with Gasteiger partial charge in [-0.05, 0) is 17.5 Å². The fourth-order valence-electron chi connectivity index (χ4n) is 1.95. The van der Waals surface area contributed by atoms with Crippen molar-refractivity contribution in [1.29, 1.82) is 0 Å². The summed E-state index contributed by atoms with van der Waals surface area (Å²) in [6, 6.07) is 8.34. The number of hydrogen-bond acceptors (Lipinski definition) is 4. The van der Waals surface area contributed by atoms with Crippen LogP contribution in [0.15, 0.2) is 42.5 Å². The first-order valence-corrected chi connectivity index (χ1v) is 7.60.